The Kier molecular flexibility index (Phi) is 4.78. The second-order valence-electron chi connectivity index (χ2n) is 7.23. The van der Waals surface area contributed by atoms with E-state index in [1.165, 1.54) is 12.1 Å². The van der Waals surface area contributed by atoms with Gasteiger partial charge >= 0.3 is 5.97 Å². The van der Waals surface area contributed by atoms with Crippen LogP contribution in [0.3, 0.4) is 0 Å². The Morgan fingerprint density at radius 2 is 2.00 bits per heavy atom. The first kappa shape index (κ1) is 17.9. The standard InChI is InChI=1S/C20H21FN2O4/c21-14-10-13-2-1-6-22-17(13)16(11-14)19(24)23-7-3-12(4-8-23)18-15(20(25)26)5-9-27-18/h1-2,6,10-12,15,18H,3-5,7-9H2,(H,25,26)/t15?,18-/m0/s1. The molecule has 1 aromatic heterocycles. The zero-order chi connectivity index (χ0) is 19.0. The molecule has 1 aromatic carbocycles. The second kappa shape index (κ2) is 7.23. The molecule has 2 atom stereocenters. The summed E-state index contributed by atoms with van der Waals surface area (Å²) in [6.45, 7) is 1.48. The number of likely N-dealkylation sites (tertiary alicyclic amines) is 1. The van der Waals surface area contributed by atoms with Crippen molar-refractivity contribution in [1.29, 1.82) is 0 Å². The molecule has 4 rings (SSSR count). The summed E-state index contributed by atoms with van der Waals surface area (Å²) < 4.78 is 19.6. The molecule has 1 unspecified atom stereocenters. The quantitative estimate of drug-likeness (QED) is 0.896. The molecule has 3 heterocycles. The zero-order valence-electron chi connectivity index (χ0n) is 14.8. The van der Waals surface area contributed by atoms with E-state index in [1.54, 1.807) is 23.2 Å². The first-order valence-electron chi connectivity index (χ1n) is 9.22. The normalized spacial score (nSPS) is 23.7. The van der Waals surface area contributed by atoms with Gasteiger partial charge in [0, 0.05) is 31.3 Å². The lowest BCUT2D eigenvalue weighted by molar-refractivity contribution is -0.145. The van der Waals surface area contributed by atoms with Crippen molar-refractivity contribution in [3.8, 4) is 0 Å². The number of piperidine rings is 1. The summed E-state index contributed by atoms with van der Waals surface area (Å²) in [4.78, 5) is 30.3. The summed E-state index contributed by atoms with van der Waals surface area (Å²) in [7, 11) is 0. The number of aromatic nitrogens is 1. The van der Waals surface area contributed by atoms with Gasteiger partial charge in [-0.3, -0.25) is 14.6 Å². The molecule has 142 valence electrons. The van der Waals surface area contributed by atoms with E-state index in [4.69, 9.17) is 4.74 Å². The number of halogens is 1. The van der Waals surface area contributed by atoms with Crippen molar-refractivity contribution in [1.82, 2.24) is 9.88 Å². The van der Waals surface area contributed by atoms with Crippen LogP contribution in [0.5, 0.6) is 0 Å². The van der Waals surface area contributed by atoms with Crippen molar-refractivity contribution in [2.75, 3.05) is 19.7 Å². The average molecular weight is 372 g/mol. The van der Waals surface area contributed by atoms with Gasteiger partial charge in [-0.1, -0.05) is 6.07 Å². The summed E-state index contributed by atoms with van der Waals surface area (Å²) in [5, 5.41) is 9.94. The molecule has 2 aliphatic heterocycles. The Morgan fingerprint density at radius 1 is 1.22 bits per heavy atom. The molecule has 6 nitrogen and oxygen atoms in total. The lowest BCUT2D eigenvalue weighted by atomic mass is 9.84. The van der Waals surface area contributed by atoms with Gasteiger partial charge in [-0.15, -0.1) is 0 Å². The molecule has 0 bridgehead atoms. The van der Waals surface area contributed by atoms with E-state index in [9.17, 15) is 19.1 Å². The van der Waals surface area contributed by atoms with Crippen LogP contribution in [0.15, 0.2) is 30.5 Å². The maximum absolute atomic E-state index is 13.9. The van der Waals surface area contributed by atoms with E-state index >= 15 is 0 Å². The third-order valence-electron chi connectivity index (χ3n) is 5.64. The van der Waals surface area contributed by atoms with Crippen molar-refractivity contribution in [2.45, 2.75) is 25.4 Å². The highest BCUT2D eigenvalue weighted by atomic mass is 19.1. The maximum atomic E-state index is 13.9. The Labute approximate surface area is 155 Å². The summed E-state index contributed by atoms with van der Waals surface area (Å²) in [6, 6.07) is 6.05. The van der Waals surface area contributed by atoms with E-state index in [2.05, 4.69) is 4.98 Å². The number of carboxylic acid groups (broad SMARTS) is 1. The molecular formula is C20H21FN2O4. The fourth-order valence-electron chi connectivity index (χ4n) is 4.26. The first-order chi connectivity index (χ1) is 13.0. The van der Waals surface area contributed by atoms with Crippen molar-refractivity contribution in [3.05, 3.63) is 41.8 Å². The van der Waals surface area contributed by atoms with Gasteiger partial charge in [-0.05, 0) is 43.4 Å². The molecule has 2 fully saturated rings. The monoisotopic (exact) mass is 372 g/mol. The van der Waals surface area contributed by atoms with E-state index < -0.39 is 17.7 Å². The molecule has 0 aliphatic carbocycles. The predicted octanol–water partition coefficient (Wildman–Crippen LogP) is 2.72. The van der Waals surface area contributed by atoms with Gasteiger partial charge in [-0.25, -0.2) is 4.39 Å². The van der Waals surface area contributed by atoms with Gasteiger partial charge in [0.25, 0.3) is 5.91 Å². The highest BCUT2D eigenvalue weighted by Gasteiger charge is 2.41. The number of carbonyl (C=O) groups excluding carboxylic acids is 1. The SMILES string of the molecule is O=C(O)C1CCO[C@H]1C1CCN(C(=O)c2cc(F)cc3cccnc23)CC1. The number of benzene rings is 1. The number of ether oxygens (including phenoxy) is 1. The second-order valence-corrected chi connectivity index (χ2v) is 7.23. The average Bonchev–Trinajstić information content (AvgIpc) is 3.17. The molecule has 0 saturated carbocycles. The van der Waals surface area contributed by atoms with Gasteiger partial charge in [-0.2, -0.15) is 0 Å². The molecule has 1 amide bonds. The number of carbonyl (C=O) groups is 2. The Hall–Kier alpha value is -2.54. The van der Waals surface area contributed by atoms with Crippen molar-refractivity contribution in [2.24, 2.45) is 11.8 Å². The highest BCUT2D eigenvalue weighted by Crippen LogP contribution is 2.34. The topological polar surface area (TPSA) is 79.7 Å². The zero-order valence-corrected chi connectivity index (χ0v) is 14.8. The van der Waals surface area contributed by atoms with Crippen molar-refractivity contribution in [3.63, 3.8) is 0 Å². The number of hydrogen-bond donors (Lipinski definition) is 1. The first-order valence-corrected chi connectivity index (χ1v) is 9.22. The molecule has 7 heteroatoms. The number of hydrogen-bond acceptors (Lipinski definition) is 4. The van der Waals surface area contributed by atoms with Crippen LogP contribution in [-0.2, 0) is 9.53 Å². The van der Waals surface area contributed by atoms with Crippen LogP contribution < -0.4 is 0 Å². The van der Waals surface area contributed by atoms with E-state index in [-0.39, 0.29) is 23.5 Å². The molecule has 0 radical (unpaired) electrons. The van der Waals surface area contributed by atoms with E-state index in [1.807, 2.05) is 0 Å². The van der Waals surface area contributed by atoms with Crippen molar-refractivity contribution >= 4 is 22.8 Å². The number of amides is 1. The van der Waals surface area contributed by atoms with Crippen LogP contribution in [0.4, 0.5) is 4.39 Å². The van der Waals surface area contributed by atoms with Gasteiger partial charge in [0.2, 0.25) is 0 Å². The number of aliphatic carboxylic acids is 1. The van der Waals surface area contributed by atoms with Crippen LogP contribution in [0.25, 0.3) is 10.9 Å². The van der Waals surface area contributed by atoms with Crippen LogP contribution in [-0.4, -0.2) is 52.7 Å². The Balaban J connectivity index is 1.49. The summed E-state index contributed by atoms with van der Waals surface area (Å²) >= 11 is 0. The minimum atomic E-state index is -0.812. The lowest BCUT2D eigenvalue weighted by Gasteiger charge is -2.35. The molecule has 1 N–H and O–H groups in total. The van der Waals surface area contributed by atoms with Crippen LogP contribution in [0, 0.1) is 17.7 Å². The smallest absolute Gasteiger partial charge is 0.309 e. The molecule has 27 heavy (non-hydrogen) atoms. The van der Waals surface area contributed by atoms with Gasteiger partial charge < -0.3 is 14.7 Å². The number of carboxylic acids is 1. The van der Waals surface area contributed by atoms with Crippen LogP contribution >= 0.6 is 0 Å². The Morgan fingerprint density at radius 3 is 2.74 bits per heavy atom. The predicted molar refractivity (Wildman–Crippen MR) is 95.8 cm³/mol. The summed E-state index contributed by atoms with van der Waals surface area (Å²) in [6.07, 6.45) is 3.21. The fourth-order valence-corrected chi connectivity index (χ4v) is 4.26. The van der Waals surface area contributed by atoms with Crippen LogP contribution in [0.2, 0.25) is 0 Å². The molecule has 2 aliphatic rings. The van der Waals surface area contributed by atoms with E-state index in [0.29, 0.717) is 49.9 Å². The third kappa shape index (κ3) is 3.39. The number of pyridine rings is 1. The number of rotatable bonds is 3. The molecular weight excluding hydrogens is 351 g/mol. The Bertz CT molecular complexity index is 879. The van der Waals surface area contributed by atoms with Crippen molar-refractivity contribution < 1.29 is 23.8 Å². The minimum Gasteiger partial charge on any atom is -0.481 e. The van der Waals surface area contributed by atoms with Gasteiger partial charge in [0.15, 0.2) is 0 Å². The number of fused-ring (bicyclic) bond motifs is 1. The van der Waals surface area contributed by atoms with Gasteiger partial charge in [0.05, 0.1) is 23.1 Å². The molecule has 2 saturated heterocycles. The molecule has 2 aromatic rings. The number of nitrogens with zero attached hydrogens (tertiary/aromatic N) is 2. The largest absolute Gasteiger partial charge is 0.481 e. The molecule has 0 spiro atoms. The summed E-state index contributed by atoms with van der Waals surface area (Å²) in [5.41, 5.74) is 0.765. The minimum absolute atomic E-state index is 0.125. The third-order valence-corrected chi connectivity index (χ3v) is 5.64. The fraction of sp³-hybridized carbons (Fsp3) is 0.450. The maximum Gasteiger partial charge on any atom is 0.309 e. The van der Waals surface area contributed by atoms with E-state index in [0.717, 1.165) is 0 Å². The van der Waals surface area contributed by atoms with Crippen LogP contribution in [0.1, 0.15) is 29.6 Å². The highest BCUT2D eigenvalue weighted by molar-refractivity contribution is 6.05. The van der Waals surface area contributed by atoms with Gasteiger partial charge in [0.1, 0.15) is 5.82 Å². The lowest BCUT2D eigenvalue weighted by Crippen LogP contribution is -2.43. The summed E-state index contributed by atoms with van der Waals surface area (Å²) in [5.74, 6) is -1.85.